The highest BCUT2D eigenvalue weighted by Crippen LogP contribution is 2.23. The first-order valence-electron chi connectivity index (χ1n) is 11.2. The fraction of sp³-hybridized carbons (Fsp3) is 0.231. The largest absolute Gasteiger partial charge is 0.337 e. The van der Waals surface area contributed by atoms with Gasteiger partial charge in [-0.15, -0.1) is 0 Å². The summed E-state index contributed by atoms with van der Waals surface area (Å²) in [6.45, 7) is 1.41. The van der Waals surface area contributed by atoms with E-state index in [0.717, 1.165) is 18.4 Å². The molecule has 0 unspecified atom stereocenters. The highest BCUT2D eigenvalue weighted by atomic mass is 32.2. The molecule has 4 rings (SSSR count). The summed E-state index contributed by atoms with van der Waals surface area (Å²) in [6, 6.07) is 22.4. The van der Waals surface area contributed by atoms with Crippen molar-refractivity contribution in [2.75, 3.05) is 25.5 Å². The molecule has 3 aromatic rings. The Labute approximate surface area is 200 Å². The predicted molar refractivity (Wildman–Crippen MR) is 131 cm³/mol. The molecule has 1 aliphatic rings. The summed E-state index contributed by atoms with van der Waals surface area (Å²) >= 11 is 0. The summed E-state index contributed by atoms with van der Waals surface area (Å²) < 4.78 is 27.2. The molecule has 0 saturated carbocycles. The average molecular weight is 478 g/mol. The number of sulfonamides is 1. The van der Waals surface area contributed by atoms with Crippen LogP contribution in [0.4, 0.5) is 5.69 Å². The number of amides is 2. The predicted octanol–water partition coefficient (Wildman–Crippen LogP) is 4.00. The molecule has 0 radical (unpaired) electrons. The van der Waals surface area contributed by atoms with E-state index in [1.165, 1.54) is 16.4 Å². The van der Waals surface area contributed by atoms with E-state index >= 15 is 0 Å². The third-order valence-corrected chi connectivity index (χ3v) is 7.71. The SMILES string of the molecule is CN(Cc1ccccc1)C(=O)c1ccccc1NC(=O)c1cccc(S(=O)(=O)N2CCCC2)c1. The molecule has 0 aromatic heterocycles. The quantitative estimate of drug-likeness (QED) is 0.557. The Kier molecular flexibility index (Phi) is 7.09. The topological polar surface area (TPSA) is 86.8 Å². The van der Waals surface area contributed by atoms with Crippen molar-refractivity contribution in [2.24, 2.45) is 0 Å². The minimum absolute atomic E-state index is 0.0917. The molecule has 0 bridgehead atoms. The van der Waals surface area contributed by atoms with E-state index in [-0.39, 0.29) is 16.4 Å². The van der Waals surface area contributed by atoms with E-state index in [1.54, 1.807) is 48.3 Å². The van der Waals surface area contributed by atoms with Gasteiger partial charge in [0.2, 0.25) is 10.0 Å². The van der Waals surface area contributed by atoms with Crippen molar-refractivity contribution in [1.82, 2.24) is 9.21 Å². The summed E-state index contributed by atoms with van der Waals surface area (Å²) in [7, 11) is -1.93. The second-order valence-electron chi connectivity index (χ2n) is 8.29. The van der Waals surface area contributed by atoms with Crippen molar-refractivity contribution in [2.45, 2.75) is 24.3 Å². The molecule has 7 nitrogen and oxygen atoms in total. The molecule has 3 aromatic carbocycles. The number of rotatable bonds is 7. The fourth-order valence-electron chi connectivity index (χ4n) is 3.98. The maximum atomic E-state index is 13.1. The first-order valence-corrected chi connectivity index (χ1v) is 12.6. The van der Waals surface area contributed by atoms with Crippen molar-refractivity contribution in [1.29, 1.82) is 0 Å². The van der Waals surface area contributed by atoms with Crippen molar-refractivity contribution >= 4 is 27.5 Å². The fourth-order valence-corrected chi connectivity index (χ4v) is 5.55. The van der Waals surface area contributed by atoms with E-state index in [2.05, 4.69) is 5.32 Å². The van der Waals surface area contributed by atoms with Gasteiger partial charge in [-0.3, -0.25) is 9.59 Å². The number of hydrogen-bond acceptors (Lipinski definition) is 4. The summed E-state index contributed by atoms with van der Waals surface area (Å²) in [5.41, 5.74) is 1.93. The van der Waals surface area contributed by atoms with Crippen LogP contribution in [0.3, 0.4) is 0 Å². The normalized spacial score (nSPS) is 14.0. The second-order valence-corrected chi connectivity index (χ2v) is 10.2. The zero-order valence-electron chi connectivity index (χ0n) is 19.0. The molecule has 1 saturated heterocycles. The van der Waals surface area contributed by atoms with E-state index in [4.69, 9.17) is 0 Å². The maximum Gasteiger partial charge on any atom is 0.256 e. The smallest absolute Gasteiger partial charge is 0.256 e. The van der Waals surface area contributed by atoms with Crippen molar-refractivity contribution in [3.8, 4) is 0 Å². The van der Waals surface area contributed by atoms with Gasteiger partial charge in [0.1, 0.15) is 0 Å². The highest BCUT2D eigenvalue weighted by Gasteiger charge is 2.27. The van der Waals surface area contributed by atoms with E-state index in [0.29, 0.717) is 30.9 Å². The summed E-state index contributed by atoms with van der Waals surface area (Å²) in [5, 5.41) is 2.78. The Morgan fingerprint density at radius 3 is 2.32 bits per heavy atom. The van der Waals surface area contributed by atoms with Crippen molar-refractivity contribution in [3.63, 3.8) is 0 Å². The van der Waals surface area contributed by atoms with Gasteiger partial charge in [0.05, 0.1) is 16.1 Å². The lowest BCUT2D eigenvalue weighted by Crippen LogP contribution is -2.28. The number of para-hydroxylation sites is 1. The molecule has 176 valence electrons. The van der Waals surface area contributed by atoms with Gasteiger partial charge in [-0.1, -0.05) is 48.5 Å². The second kappa shape index (κ2) is 10.2. The Morgan fingerprint density at radius 2 is 1.59 bits per heavy atom. The van der Waals surface area contributed by atoms with Crippen LogP contribution in [0.2, 0.25) is 0 Å². The molecular weight excluding hydrogens is 450 g/mol. The van der Waals surface area contributed by atoms with E-state index in [1.807, 2.05) is 30.3 Å². The van der Waals surface area contributed by atoms with Crippen molar-refractivity contribution < 1.29 is 18.0 Å². The van der Waals surface area contributed by atoms with Gasteiger partial charge in [-0.05, 0) is 48.7 Å². The van der Waals surface area contributed by atoms with Gasteiger partial charge in [0, 0.05) is 32.2 Å². The molecule has 1 fully saturated rings. The van der Waals surface area contributed by atoms with Crippen LogP contribution in [-0.4, -0.2) is 49.6 Å². The summed E-state index contributed by atoms with van der Waals surface area (Å²) in [5.74, 6) is -0.713. The third kappa shape index (κ3) is 5.18. The van der Waals surface area contributed by atoms with Crippen LogP contribution in [-0.2, 0) is 16.6 Å². The standard InChI is InChI=1S/C26H27N3O4S/c1-28(19-20-10-3-2-4-11-20)26(31)23-14-5-6-15-24(23)27-25(30)21-12-9-13-22(18-21)34(32,33)29-16-7-8-17-29/h2-6,9-15,18H,7-8,16-17,19H2,1H3,(H,27,30). The van der Waals surface area contributed by atoms with E-state index in [9.17, 15) is 18.0 Å². The Balaban J connectivity index is 1.53. The van der Waals surface area contributed by atoms with Gasteiger partial charge < -0.3 is 10.2 Å². The molecule has 2 amide bonds. The molecule has 1 aliphatic heterocycles. The lowest BCUT2D eigenvalue weighted by Gasteiger charge is -2.19. The first kappa shape index (κ1) is 23.7. The number of carbonyl (C=O) groups is 2. The number of hydrogen-bond donors (Lipinski definition) is 1. The number of nitrogens with zero attached hydrogens (tertiary/aromatic N) is 2. The van der Waals surface area contributed by atoms with Crippen LogP contribution in [0.1, 0.15) is 39.1 Å². The number of anilines is 1. The molecule has 1 heterocycles. The Bertz CT molecular complexity index is 1290. The highest BCUT2D eigenvalue weighted by molar-refractivity contribution is 7.89. The minimum atomic E-state index is -3.64. The Morgan fingerprint density at radius 1 is 0.912 bits per heavy atom. The summed E-state index contributed by atoms with van der Waals surface area (Å²) in [6.07, 6.45) is 1.67. The molecule has 0 spiro atoms. The Hall–Kier alpha value is -3.49. The summed E-state index contributed by atoms with van der Waals surface area (Å²) in [4.78, 5) is 27.8. The zero-order chi connectivity index (χ0) is 24.1. The van der Waals surface area contributed by atoms with Gasteiger partial charge >= 0.3 is 0 Å². The molecule has 8 heteroatoms. The van der Waals surface area contributed by atoms with Crippen LogP contribution in [0.15, 0.2) is 83.8 Å². The maximum absolute atomic E-state index is 13.1. The third-order valence-electron chi connectivity index (χ3n) is 5.81. The monoisotopic (exact) mass is 477 g/mol. The van der Waals surface area contributed by atoms with Crippen LogP contribution >= 0.6 is 0 Å². The van der Waals surface area contributed by atoms with Crippen LogP contribution in [0.25, 0.3) is 0 Å². The van der Waals surface area contributed by atoms with Crippen LogP contribution in [0, 0.1) is 0 Å². The molecule has 34 heavy (non-hydrogen) atoms. The number of nitrogens with one attached hydrogen (secondary N) is 1. The van der Waals surface area contributed by atoms with Crippen LogP contribution < -0.4 is 5.32 Å². The van der Waals surface area contributed by atoms with Crippen LogP contribution in [0.5, 0.6) is 0 Å². The molecular formula is C26H27N3O4S. The van der Waals surface area contributed by atoms with Gasteiger partial charge in [0.25, 0.3) is 11.8 Å². The van der Waals surface area contributed by atoms with Gasteiger partial charge in [-0.2, -0.15) is 4.31 Å². The lowest BCUT2D eigenvalue weighted by molar-refractivity contribution is 0.0786. The molecule has 0 atom stereocenters. The average Bonchev–Trinajstić information content (AvgIpc) is 3.41. The lowest BCUT2D eigenvalue weighted by atomic mass is 10.1. The molecule has 1 N–H and O–H groups in total. The first-order chi connectivity index (χ1) is 16.4. The minimum Gasteiger partial charge on any atom is -0.337 e. The number of benzene rings is 3. The zero-order valence-corrected chi connectivity index (χ0v) is 19.8. The van der Waals surface area contributed by atoms with Crippen molar-refractivity contribution in [3.05, 3.63) is 95.6 Å². The number of carbonyl (C=O) groups excluding carboxylic acids is 2. The van der Waals surface area contributed by atoms with Gasteiger partial charge in [0.15, 0.2) is 0 Å². The molecule has 0 aliphatic carbocycles. The van der Waals surface area contributed by atoms with Gasteiger partial charge in [-0.25, -0.2) is 8.42 Å². The van der Waals surface area contributed by atoms with E-state index < -0.39 is 15.9 Å².